The zero-order valence-corrected chi connectivity index (χ0v) is 28.0. The van der Waals surface area contributed by atoms with Crippen molar-refractivity contribution in [3.63, 3.8) is 0 Å². The molecular formula is C28H58N3O10PS. The summed E-state index contributed by atoms with van der Waals surface area (Å²) in [5.74, 6) is 0.650. The van der Waals surface area contributed by atoms with Crippen molar-refractivity contribution >= 4 is 31.4 Å². The first-order chi connectivity index (χ1) is 20.7. The smallest absolute Gasteiger partial charge is 0.379 e. The number of phosphoric ester groups is 1. The van der Waals surface area contributed by atoms with Crippen LogP contribution in [0.4, 0.5) is 0 Å². The first-order valence-electron chi connectivity index (χ1n) is 15.5. The van der Waals surface area contributed by atoms with Crippen molar-refractivity contribution < 1.29 is 47.4 Å². The molecule has 0 aliphatic heterocycles. The van der Waals surface area contributed by atoms with Crippen molar-refractivity contribution in [2.24, 2.45) is 5.73 Å². The van der Waals surface area contributed by atoms with Crippen LogP contribution < -0.4 is 16.4 Å². The molecule has 13 nitrogen and oxygen atoms in total. The molecule has 0 saturated carbocycles. The van der Waals surface area contributed by atoms with Crippen molar-refractivity contribution in [3.8, 4) is 0 Å². The van der Waals surface area contributed by atoms with E-state index in [1.165, 1.54) is 70.1 Å². The van der Waals surface area contributed by atoms with E-state index in [0.717, 1.165) is 12.8 Å². The number of hydrogen-bond acceptors (Lipinski definition) is 10. The van der Waals surface area contributed by atoms with Crippen LogP contribution in [0.25, 0.3) is 0 Å². The van der Waals surface area contributed by atoms with E-state index in [0.29, 0.717) is 57.7 Å². The summed E-state index contributed by atoms with van der Waals surface area (Å²) >= 11 is 1.51. The molecule has 0 fully saturated rings. The third-order valence-corrected chi connectivity index (χ3v) is 7.85. The van der Waals surface area contributed by atoms with Gasteiger partial charge in [-0.05, 0) is 6.42 Å². The molecule has 0 bridgehead atoms. The minimum Gasteiger partial charge on any atom is -0.379 e. The fraction of sp³-hybridized carbons (Fsp3) is 0.929. The fourth-order valence-corrected chi connectivity index (χ4v) is 5.20. The van der Waals surface area contributed by atoms with Crippen LogP contribution in [0.3, 0.4) is 0 Å². The van der Waals surface area contributed by atoms with E-state index in [4.69, 9.17) is 34.5 Å². The Labute approximate surface area is 262 Å². The summed E-state index contributed by atoms with van der Waals surface area (Å²) in [6.45, 7) is 6.57. The third-order valence-electron chi connectivity index (χ3n) is 6.10. The number of ether oxygens (including phenoxy) is 4. The van der Waals surface area contributed by atoms with Crippen molar-refractivity contribution in [3.05, 3.63) is 0 Å². The highest BCUT2D eigenvalue weighted by Crippen LogP contribution is 2.35. The molecule has 256 valence electrons. The Kier molecular flexibility index (Phi) is 29.3. The number of amides is 2. The number of nitrogens with one attached hydrogen (secondary N) is 2. The van der Waals surface area contributed by atoms with E-state index >= 15 is 0 Å². The quantitative estimate of drug-likeness (QED) is 0.0526. The first-order valence-corrected chi connectivity index (χ1v) is 18.2. The predicted octanol–water partition coefficient (Wildman–Crippen LogP) is 2.76. The van der Waals surface area contributed by atoms with Gasteiger partial charge in [0.25, 0.3) is 0 Å². The number of phosphoric acid groups is 1. The Morgan fingerprint density at radius 3 is 1.86 bits per heavy atom. The van der Waals surface area contributed by atoms with Crippen molar-refractivity contribution in [1.82, 2.24) is 10.6 Å². The van der Waals surface area contributed by atoms with Gasteiger partial charge in [0, 0.05) is 31.6 Å². The first kappa shape index (κ1) is 42.2. The predicted molar refractivity (Wildman–Crippen MR) is 169 cm³/mol. The summed E-state index contributed by atoms with van der Waals surface area (Å²) in [6.07, 6.45) is 12.7. The molecule has 2 amide bonds. The number of carbonyl (C=O) groups is 2. The van der Waals surface area contributed by atoms with Gasteiger partial charge in [0.2, 0.25) is 11.8 Å². The van der Waals surface area contributed by atoms with Gasteiger partial charge in [-0.1, -0.05) is 64.7 Å². The van der Waals surface area contributed by atoms with Crippen molar-refractivity contribution in [2.75, 3.05) is 77.5 Å². The summed E-state index contributed by atoms with van der Waals surface area (Å²) in [5.41, 5.74) is 6.01. The maximum Gasteiger partial charge on any atom is 0.469 e. The molecule has 43 heavy (non-hydrogen) atoms. The highest BCUT2D eigenvalue weighted by atomic mass is 32.2. The summed E-state index contributed by atoms with van der Waals surface area (Å²) in [5, 5.41) is 5.66. The largest absolute Gasteiger partial charge is 0.469 e. The van der Waals surface area contributed by atoms with Crippen LogP contribution in [0.1, 0.15) is 78.1 Å². The molecule has 0 aromatic rings. The molecule has 0 radical (unpaired) electrons. The number of rotatable bonds is 32. The lowest BCUT2D eigenvalue weighted by Gasteiger charge is -2.19. The number of hydrogen-bond donors (Lipinski definition) is 5. The van der Waals surface area contributed by atoms with Gasteiger partial charge < -0.3 is 45.1 Å². The summed E-state index contributed by atoms with van der Waals surface area (Å²) < 4.78 is 36.4. The Hall–Kier alpha value is -0.800. The second kappa shape index (κ2) is 29.9. The van der Waals surface area contributed by atoms with E-state index in [9.17, 15) is 14.2 Å². The standard InChI is InChI=1S/C28H58N3O10PS/c1-3-4-5-6-7-8-9-10-11-12-14-40-22-26(31-25(2)32)23-43-24-27(29)28(33)30-13-15-37-16-17-38-18-19-39-20-21-41-42(34,35)36/h26-27H,3-24,29H2,1-2H3,(H,30,33)(H,31,32)(H2,34,35,36)/t26-,27+/m1/s1. The van der Waals surface area contributed by atoms with Crippen LogP contribution in [0.5, 0.6) is 0 Å². The molecule has 2 atom stereocenters. The summed E-state index contributed by atoms with van der Waals surface area (Å²) in [4.78, 5) is 40.9. The molecule has 0 spiro atoms. The zero-order chi connectivity index (χ0) is 32.0. The molecule has 0 aliphatic carbocycles. The number of carbonyl (C=O) groups excluding carboxylic acids is 2. The van der Waals surface area contributed by atoms with E-state index in [2.05, 4.69) is 22.1 Å². The topological polar surface area (TPSA) is 188 Å². The van der Waals surface area contributed by atoms with Crippen LogP contribution in [0.15, 0.2) is 0 Å². The van der Waals surface area contributed by atoms with Gasteiger partial charge in [0.1, 0.15) is 0 Å². The molecule has 0 aromatic carbocycles. The van der Waals surface area contributed by atoms with Gasteiger partial charge in [-0.2, -0.15) is 11.8 Å². The van der Waals surface area contributed by atoms with E-state index in [-0.39, 0.29) is 37.7 Å². The SMILES string of the molecule is CCCCCCCCCCCCOC[C@H](CSC[C@H](N)C(=O)NCCOCCOCCOCCOP(=O)(O)O)NC(C)=O. The Balaban J connectivity index is 3.74. The Morgan fingerprint density at radius 2 is 1.30 bits per heavy atom. The highest BCUT2D eigenvalue weighted by molar-refractivity contribution is 7.99. The average Bonchev–Trinajstić information content (AvgIpc) is 2.94. The van der Waals surface area contributed by atoms with Crippen LogP contribution in [0.2, 0.25) is 0 Å². The molecular weight excluding hydrogens is 601 g/mol. The van der Waals surface area contributed by atoms with Crippen LogP contribution in [-0.2, 0) is 37.6 Å². The molecule has 6 N–H and O–H groups in total. The fourth-order valence-electron chi connectivity index (χ4n) is 3.88. The summed E-state index contributed by atoms with van der Waals surface area (Å²) in [7, 11) is -4.46. The molecule has 0 aromatic heterocycles. The zero-order valence-electron chi connectivity index (χ0n) is 26.3. The normalized spacial score (nSPS) is 13.1. The lowest BCUT2D eigenvalue weighted by Crippen LogP contribution is -2.44. The summed E-state index contributed by atoms with van der Waals surface area (Å²) in [6, 6.07) is -0.809. The maximum atomic E-state index is 12.2. The van der Waals surface area contributed by atoms with Gasteiger partial charge in [-0.25, -0.2) is 4.57 Å². The monoisotopic (exact) mass is 659 g/mol. The molecule has 0 unspecified atom stereocenters. The highest BCUT2D eigenvalue weighted by Gasteiger charge is 2.16. The molecule has 0 rings (SSSR count). The maximum absolute atomic E-state index is 12.2. The van der Waals surface area contributed by atoms with E-state index in [1.54, 1.807) is 0 Å². The number of nitrogens with two attached hydrogens (primary N) is 1. The van der Waals surface area contributed by atoms with Gasteiger partial charge in [-0.15, -0.1) is 0 Å². The van der Waals surface area contributed by atoms with Crippen LogP contribution in [-0.4, -0.2) is 111 Å². The van der Waals surface area contributed by atoms with Gasteiger partial charge in [0.15, 0.2) is 0 Å². The van der Waals surface area contributed by atoms with Crippen LogP contribution in [0, 0.1) is 0 Å². The molecule has 0 saturated heterocycles. The van der Waals surface area contributed by atoms with Gasteiger partial charge in [0.05, 0.1) is 64.9 Å². The number of unbranched alkanes of at least 4 members (excludes halogenated alkanes) is 9. The van der Waals surface area contributed by atoms with Gasteiger partial charge >= 0.3 is 7.82 Å². The average molecular weight is 660 g/mol. The van der Waals surface area contributed by atoms with Crippen LogP contribution >= 0.6 is 19.6 Å². The second-order valence-corrected chi connectivity index (χ2v) is 12.6. The molecule has 15 heteroatoms. The van der Waals surface area contributed by atoms with Gasteiger partial charge in [-0.3, -0.25) is 14.1 Å². The lowest BCUT2D eigenvalue weighted by molar-refractivity contribution is -0.122. The van der Waals surface area contributed by atoms with E-state index in [1.807, 2.05) is 0 Å². The molecule has 0 heterocycles. The van der Waals surface area contributed by atoms with Crippen molar-refractivity contribution in [2.45, 2.75) is 90.1 Å². The second-order valence-electron chi connectivity index (χ2n) is 10.3. The Morgan fingerprint density at radius 1 is 0.767 bits per heavy atom. The lowest BCUT2D eigenvalue weighted by atomic mass is 10.1. The third kappa shape index (κ3) is 32.4. The number of thioether (sulfide) groups is 1. The van der Waals surface area contributed by atoms with E-state index < -0.39 is 13.9 Å². The minimum atomic E-state index is -4.46. The minimum absolute atomic E-state index is 0.0507. The van der Waals surface area contributed by atoms with Crippen molar-refractivity contribution in [1.29, 1.82) is 0 Å². The molecule has 0 aliphatic rings. The Bertz CT molecular complexity index is 720.